The van der Waals surface area contributed by atoms with Crippen molar-refractivity contribution in [2.24, 2.45) is 5.41 Å². The van der Waals surface area contributed by atoms with Gasteiger partial charge in [0.1, 0.15) is 11.9 Å². The minimum atomic E-state index is -0.826. The quantitative estimate of drug-likeness (QED) is 0.511. The Morgan fingerprint density at radius 2 is 1.91 bits per heavy atom. The molecule has 1 saturated heterocycles. The molecule has 1 aliphatic carbocycles. The van der Waals surface area contributed by atoms with Gasteiger partial charge >= 0.3 is 0 Å². The maximum Gasteiger partial charge on any atom is 0.245 e. The van der Waals surface area contributed by atoms with Gasteiger partial charge in [-0.3, -0.25) is 9.59 Å². The van der Waals surface area contributed by atoms with Gasteiger partial charge in [-0.2, -0.15) is 0 Å². The van der Waals surface area contributed by atoms with Crippen LogP contribution in [0.5, 0.6) is 0 Å². The van der Waals surface area contributed by atoms with Crippen molar-refractivity contribution in [3.63, 3.8) is 0 Å². The molecule has 2 unspecified atom stereocenters. The van der Waals surface area contributed by atoms with Gasteiger partial charge in [0.05, 0.1) is 30.6 Å². The Balaban J connectivity index is 1.51. The second-order valence-electron chi connectivity index (χ2n) is 10.6. The molecule has 0 spiro atoms. The highest BCUT2D eigenvalue weighted by molar-refractivity contribution is 5.86. The summed E-state index contributed by atoms with van der Waals surface area (Å²) in [4.78, 5) is 38.4. The van der Waals surface area contributed by atoms with Crippen molar-refractivity contribution in [1.29, 1.82) is 0 Å². The predicted octanol–water partition coefficient (Wildman–Crippen LogP) is 3.21. The summed E-state index contributed by atoms with van der Waals surface area (Å²) < 4.78 is 0. The lowest BCUT2D eigenvalue weighted by Gasteiger charge is -2.42. The molecule has 8 heteroatoms. The van der Waals surface area contributed by atoms with Crippen molar-refractivity contribution in [2.75, 3.05) is 25.0 Å². The van der Waals surface area contributed by atoms with Crippen molar-refractivity contribution in [1.82, 2.24) is 19.8 Å². The van der Waals surface area contributed by atoms with Gasteiger partial charge in [0, 0.05) is 25.6 Å². The van der Waals surface area contributed by atoms with E-state index >= 15 is 0 Å². The summed E-state index contributed by atoms with van der Waals surface area (Å²) in [6.07, 6.45) is 10.0. The zero-order valence-corrected chi connectivity index (χ0v) is 20.9. The van der Waals surface area contributed by atoms with Crippen LogP contribution in [-0.2, 0) is 16.0 Å². The van der Waals surface area contributed by atoms with E-state index in [-0.39, 0.29) is 30.5 Å². The van der Waals surface area contributed by atoms with Crippen LogP contribution in [0.4, 0.5) is 5.82 Å². The third-order valence-corrected chi connectivity index (χ3v) is 7.45. The van der Waals surface area contributed by atoms with Gasteiger partial charge in [-0.15, -0.1) is 0 Å². The number of aliphatic hydroxyl groups is 1. The van der Waals surface area contributed by atoms with Crippen LogP contribution in [0, 0.1) is 5.41 Å². The van der Waals surface area contributed by atoms with Gasteiger partial charge in [0.15, 0.2) is 0 Å². The van der Waals surface area contributed by atoms with E-state index in [0.717, 1.165) is 37.7 Å². The van der Waals surface area contributed by atoms with Crippen molar-refractivity contribution >= 4 is 17.6 Å². The molecule has 1 aliphatic heterocycles. The van der Waals surface area contributed by atoms with Crippen LogP contribution in [0.25, 0.3) is 0 Å². The molecule has 2 fully saturated rings. The number of likely N-dealkylation sites (tertiary alicyclic amines) is 1. The summed E-state index contributed by atoms with van der Waals surface area (Å²) in [6, 6.07) is 9.72. The number of benzene rings is 1. The van der Waals surface area contributed by atoms with E-state index in [1.807, 2.05) is 54.0 Å². The Morgan fingerprint density at radius 1 is 1.17 bits per heavy atom. The lowest BCUT2D eigenvalue weighted by Crippen LogP contribution is -2.54. The minimum Gasteiger partial charge on any atom is -0.395 e. The number of hydrogen-bond acceptors (Lipinski definition) is 5. The number of rotatable bonds is 9. The first-order valence-corrected chi connectivity index (χ1v) is 12.9. The average molecular weight is 482 g/mol. The molecule has 0 bridgehead atoms. The summed E-state index contributed by atoms with van der Waals surface area (Å²) in [5, 5.41) is 13.2. The van der Waals surface area contributed by atoms with E-state index in [2.05, 4.69) is 15.3 Å². The smallest absolute Gasteiger partial charge is 0.245 e. The number of carbonyl (C=O) groups is 2. The van der Waals surface area contributed by atoms with Gasteiger partial charge in [-0.25, -0.2) is 4.98 Å². The second kappa shape index (κ2) is 11.2. The van der Waals surface area contributed by atoms with Crippen LogP contribution < -0.4 is 5.32 Å². The lowest BCUT2D eigenvalue weighted by atomic mass is 9.87. The van der Waals surface area contributed by atoms with Crippen molar-refractivity contribution in [2.45, 2.75) is 76.9 Å². The number of nitrogens with zero attached hydrogens (tertiary/aromatic N) is 3. The Bertz CT molecular complexity index is 956. The molecule has 4 rings (SSSR count). The summed E-state index contributed by atoms with van der Waals surface area (Å²) >= 11 is 0. The summed E-state index contributed by atoms with van der Waals surface area (Å²) in [5.74, 6) is 0.741. The van der Waals surface area contributed by atoms with Gasteiger partial charge in [-0.05, 0) is 38.7 Å². The second-order valence-corrected chi connectivity index (χ2v) is 10.6. The first-order valence-electron chi connectivity index (χ1n) is 12.9. The van der Waals surface area contributed by atoms with Crippen molar-refractivity contribution in [3.05, 3.63) is 48.4 Å². The Hall–Kier alpha value is -2.87. The largest absolute Gasteiger partial charge is 0.395 e. The standard InChI is InChI=1S/C27H39N5O3/c1-27(2,18-33)26(35)32(21-11-7-4-8-12-21)22-13-14-31(17-22)25(34)23(30-24-16-28-19-29-24)15-20-9-5-3-6-10-20/h3,5-6,9-10,16,19,21-23,30,33H,4,7-8,11-15,17-18H2,1-2H3,(H,28,29). The monoisotopic (exact) mass is 481 g/mol. The van der Waals surface area contributed by atoms with Gasteiger partial charge < -0.3 is 25.2 Å². The minimum absolute atomic E-state index is 0.00243. The fraction of sp³-hybridized carbons (Fsp3) is 0.593. The van der Waals surface area contributed by atoms with Crippen LogP contribution >= 0.6 is 0 Å². The van der Waals surface area contributed by atoms with Gasteiger partial charge in [0.2, 0.25) is 11.8 Å². The summed E-state index contributed by atoms with van der Waals surface area (Å²) in [5.41, 5.74) is 0.254. The molecular formula is C27H39N5O3. The fourth-order valence-electron chi connectivity index (χ4n) is 5.37. The van der Waals surface area contributed by atoms with E-state index in [0.29, 0.717) is 25.3 Å². The van der Waals surface area contributed by atoms with E-state index in [9.17, 15) is 14.7 Å². The number of amides is 2. The zero-order valence-electron chi connectivity index (χ0n) is 20.9. The Morgan fingerprint density at radius 3 is 2.57 bits per heavy atom. The molecule has 3 N–H and O–H groups in total. The van der Waals surface area contributed by atoms with Crippen LogP contribution in [0.1, 0.15) is 57.9 Å². The van der Waals surface area contributed by atoms with Crippen LogP contribution in [0.2, 0.25) is 0 Å². The third kappa shape index (κ3) is 6.04. The Labute approximate surface area is 208 Å². The summed E-state index contributed by atoms with van der Waals surface area (Å²) in [6.45, 7) is 4.59. The molecule has 35 heavy (non-hydrogen) atoms. The first kappa shape index (κ1) is 25.2. The highest BCUT2D eigenvalue weighted by Gasteiger charge is 2.42. The topological polar surface area (TPSA) is 102 Å². The van der Waals surface area contributed by atoms with Crippen LogP contribution in [-0.4, -0.2) is 74.5 Å². The summed E-state index contributed by atoms with van der Waals surface area (Å²) in [7, 11) is 0. The van der Waals surface area contributed by atoms with Crippen LogP contribution in [0.3, 0.4) is 0 Å². The highest BCUT2D eigenvalue weighted by Crippen LogP contribution is 2.32. The van der Waals surface area contributed by atoms with E-state index < -0.39 is 11.5 Å². The van der Waals surface area contributed by atoms with Gasteiger partial charge in [0.25, 0.3) is 0 Å². The van der Waals surface area contributed by atoms with E-state index in [1.165, 1.54) is 6.42 Å². The molecule has 2 atom stereocenters. The van der Waals surface area contributed by atoms with Crippen LogP contribution in [0.15, 0.2) is 42.9 Å². The number of aliphatic hydroxyl groups excluding tert-OH is 1. The van der Waals surface area contributed by atoms with E-state index in [1.54, 1.807) is 12.5 Å². The van der Waals surface area contributed by atoms with Gasteiger partial charge in [-0.1, -0.05) is 49.6 Å². The number of anilines is 1. The molecule has 190 valence electrons. The molecular weight excluding hydrogens is 442 g/mol. The number of nitrogens with one attached hydrogen (secondary N) is 2. The molecule has 2 heterocycles. The Kier molecular flexibility index (Phi) is 8.11. The van der Waals surface area contributed by atoms with Crippen molar-refractivity contribution < 1.29 is 14.7 Å². The molecule has 2 aliphatic rings. The molecule has 1 aromatic carbocycles. The predicted molar refractivity (Wildman–Crippen MR) is 136 cm³/mol. The number of carbonyl (C=O) groups excluding carboxylic acids is 2. The zero-order chi connectivity index (χ0) is 24.8. The molecule has 1 aromatic heterocycles. The van der Waals surface area contributed by atoms with E-state index in [4.69, 9.17) is 0 Å². The molecule has 0 radical (unpaired) electrons. The normalized spacial score (nSPS) is 20.0. The maximum absolute atomic E-state index is 13.7. The molecule has 2 amide bonds. The SMILES string of the molecule is CC(C)(CO)C(=O)N(C1CCCCC1)C1CCN(C(=O)C(Cc2ccccc2)Nc2cnc[nH]2)C1. The lowest BCUT2D eigenvalue weighted by molar-refractivity contribution is -0.149. The average Bonchev–Trinajstić information content (AvgIpc) is 3.57. The third-order valence-electron chi connectivity index (χ3n) is 7.45. The maximum atomic E-state index is 13.7. The number of H-pyrrole nitrogens is 1. The first-order chi connectivity index (χ1) is 16.9. The fourth-order valence-corrected chi connectivity index (χ4v) is 5.37. The number of imidazole rings is 1. The molecule has 2 aromatic rings. The van der Waals surface area contributed by atoms with Crippen molar-refractivity contribution in [3.8, 4) is 0 Å². The highest BCUT2D eigenvalue weighted by atomic mass is 16.3. The molecule has 8 nitrogen and oxygen atoms in total. The number of hydrogen-bond donors (Lipinski definition) is 3. The number of aromatic amines is 1. The number of aromatic nitrogens is 2. The molecule has 1 saturated carbocycles.